The van der Waals surface area contributed by atoms with Gasteiger partial charge < -0.3 is 11.1 Å². The van der Waals surface area contributed by atoms with Crippen LogP contribution < -0.4 is 11.1 Å². The second kappa shape index (κ2) is 4.95. The molecule has 3 aromatic rings. The molecule has 2 aromatic carbocycles. The summed E-state index contributed by atoms with van der Waals surface area (Å²) < 4.78 is 1.17. The Kier molecular flexibility index (Phi) is 3.15. The van der Waals surface area contributed by atoms with E-state index in [1.165, 1.54) is 4.70 Å². The van der Waals surface area contributed by atoms with E-state index in [1.54, 1.807) is 11.3 Å². The van der Waals surface area contributed by atoms with Crippen molar-refractivity contribution in [2.24, 2.45) is 5.73 Å². The molecule has 3 N–H and O–H groups in total. The van der Waals surface area contributed by atoms with Gasteiger partial charge in [-0.15, -0.1) is 11.3 Å². The molecular formula is C14H11N3S2. The van der Waals surface area contributed by atoms with Crippen LogP contribution in [0.1, 0.15) is 5.56 Å². The van der Waals surface area contributed by atoms with Gasteiger partial charge in [-0.1, -0.05) is 12.2 Å². The monoisotopic (exact) mass is 285 g/mol. The zero-order valence-electron chi connectivity index (χ0n) is 9.96. The SMILES string of the molecule is NC(=S)c1ccc(Nc2ccc3ncsc3c2)cc1. The number of thiazole rings is 1. The topological polar surface area (TPSA) is 50.9 Å². The van der Waals surface area contributed by atoms with Gasteiger partial charge in [0.25, 0.3) is 0 Å². The van der Waals surface area contributed by atoms with Crippen LogP contribution in [0.4, 0.5) is 11.4 Å². The Morgan fingerprint density at radius 1 is 1.11 bits per heavy atom. The van der Waals surface area contributed by atoms with Crippen molar-refractivity contribution in [3.05, 3.63) is 53.5 Å². The lowest BCUT2D eigenvalue weighted by molar-refractivity contribution is 1.49. The van der Waals surface area contributed by atoms with Crippen molar-refractivity contribution in [1.29, 1.82) is 0 Å². The van der Waals surface area contributed by atoms with Crippen molar-refractivity contribution < 1.29 is 0 Å². The normalized spacial score (nSPS) is 10.5. The first-order chi connectivity index (χ1) is 9.22. The third-order valence-corrected chi connectivity index (χ3v) is 3.82. The summed E-state index contributed by atoms with van der Waals surface area (Å²) in [6.45, 7) is 0. The molecule has 0 aliphatic rings. The van der Waals surface area contributed by atoms with Crippen molar-refractivity contribution in [2.75, 3.05) is 5.32 Å². The lowest BCUT2D eigenvalue weighted by Crippen LogP contribution is -2.08. The molecule has 1 aromatic heterocycles. The molecule has 0 aliphatic carbocycles. The summed E-state index contributed by atoms with van der Waals surface area (Å²) in [5, 5.41) is 3.35. The van der Waals surface area contributed by atoms with Crippen LogP contribution >= 0.6 is 23.6 Å². The smallest absolute Gasteiger partial charge is 0.103 e. The van der Waals surface area contributed by atoms with Crippen molar-refractivity contribution in [3.8, 4) is 0 Å². The van der Waals surface area contributed by atoms with Gasteiger partial charge in [-0.2, -0.15) is 0 Å². The Hall–Kier alpha value is -1.98. The highest BCUT2D eigenvalue weighted by atomic mass is 32.1. The standard InChI is InChI=1S/C14H11N3S2/c15-14(18)9-1-3-10(4-2-9)17-11-5-6-12-13(7-11)19-8-16-12/h1-8,17H,(H2,15,18). The number of hydrogen-bond acceptors (Lipinski definition) is 4. The molecule has 0 saturated carbocycles. The van der Waals surface area contributed by atoms with Gasteiger partial charge in [-0.3, -0.25) is 0 Å². The number of nitrogens with two attached hydrogens (primary N) is 1. The average molecular weight is 285 g/mol. The van der Waals surface area contributed by atoms with Crippen molar-refractivity contribution in [1.82, 2.24) is 4.98 Å². The molecule has 0 atom stereocenters. The quantitative estimate of drug-likeness (QED) is 0.721. The number of hydrogen-bond donors (Lipinski definition) is 2. The van der Waals surface area contributed by atoms with E-state index in [0.717, 1.165) is 22.5 Å². The number of rotatable bonds is 3. The highest BCUT2D eigenvalue weighted by Crippen LogP contribution is 2.24. The molecule has 0 aliphatic heterocycles. The van der Waals surface area contributed by atoms with Crippen LogP contribution in [0, 0.1) is 0 Å². The van der Waals surface area contributed by atoms with E-state index in [2.05, 4.69) is 16.4 Å². The summed E-state index contributed by atoms with van der Waals surface area (Å²) >= 11 is 6.56. The number of benzene rings is 2. The summed E-state index contributed by atoms with van der Waals surface area (Å²) in [6.07, 6.45) is 0. The lowest BCUT2D eigenvalue weighted by atomic mass is 10.2. The van der Waals surface area contributed by atoms with E-state index in [1.807, 2.05) is 41.9 Å². The number of anilines is 2. The van der Waals surface area contributed by atoms with Crippen molar-refractivity contribution in [3.63, 3.8) is 0 Å². The summed E-state index contributed by atoms with van der Waals surface area (Å²) in [7, 11) is 0. The molecule has 0 saturated heterocycles. The molecule has 3 nitrogen and oxygen atoms in total. The molecule has 1 heterocycles. The summed E-state index contributed by atoms with van der Waals surface area (Å²) in [4.78, 5) is 4.67. The van der Waals surface area contributed by atoms with E-state index in [-0.39, 0.29) is 0 Å². The van der Waals surface area contributed by atoms with E-state index >= 15 is 0 Å². The second-order valence-corrected chi connectivity index (χ2v) is 5.43. The maximum absolute atomic E-state index is 5.57. The molecule has 5 heteroatoms. The summed E-state index contributed by atoms with van der Waals surface area (Å²) in [5.41, 5.74) is 11.4. The van der Waals surface area contributed by atoms with Crippen LogP contribution in [0.3, 0.4) is 0 Å². The Balaban J connectivity index is 1.85. The average Bonchev–Trinajstić information content (AvgIpc) is 2.87. The number of nitrogens with one attached hydrogen (secondary N) is 1. The van der Waals surface area contributed by atoms with Crippen LogP contribution in [-0.4, -0.2) is 9.97 Å². The fourth-order valence-electron chi connectivity index (χ4n) is 1.82. The van der Waals surface area contributed by atoms with Gasteiger partial charge in [0.1, 0.15) is 4.99 Å². The molecule has 94 valence electrons. The third-order valence-electron chi connectivity index (χ3n) is 2.79. The Morgan fingerprint density at radius 2 is 1.84 bits per heavy atom. The van der Waals surface area contributed by atoms with E-state index < -0.39 is 0 Å². The molecule has 0 spiro atoms. The summed E-state index contributed by atoms with van der Waals surface area (Å²) in [5.74, 6) is 0. The Bertz CT molecular complexity index is 732. The number of aromatic nitrogens is 1. The predicted octanol–water partition coefficient (Wildman–Crippen LogP) is 3.67. The number of nitrogens with zero attached hydrogens (tertiary/aromatic N) is 1. The van der Waals surface area contributed by atoms with Crippen LogP contribution in [-0.2, 0) is 0 Å². The van der Waals surface area contributed by atoms with Crippen LogP contribution in [0.15, 0.2) is 48.0 Å². The van der Waals surface area contributed by atoms with Crippen molar-refractivity contribution >= 4 is 50.1 Å². The van der Waals surface area contributed by atoms with Gasteiger partial charge in [0.05, 0.1) is 15.7 Å². The van der Waals surface area contributed by atoms with E-state index in [0.29, 0.717) is 4.99 Å². The number of fused-ring (bicyclic) bond motifs is 1. The molecule has 3 rings (SSSR count). The van der Waals surface area contributed by atoms with Gasteiger partial charge in [0, 0.05) is 16.9 Å². The van der Waals surface area contributed by atoms with Gasteiger partial charge in [0.2, 0.25) is 0 Å². The Labute approximate surface area is 120 Å². The van der Waals surface area contributed by atoms with Gasteiger partial charge in [0.15, 0.2) is 0 Å². The zero-order chi connectivity index (χ0) is 13.2. The van der Waals surface area contributed by atoms with Gasteiger partial charge >= 0.3 is 0 Å². The minimum atomic E-state index is 0.414. The van der Waals surface area contributed by atoms with Gasteiger partial charge in [-0.05, 0) is 42.5 Å². The predicted molar refractivity (Wildman–Crippen MR) is 85.2 cm³/mol. The summed E-state index contributed by atoms with van der Waals surface area (Å²) in [6, 6.07) is 13.9. The Morgan fingerprint density at radius 3 is 2.58 bits per heavy atom. The fourth-order valence-corrected chi connectivity index (χ4v) is 2.67. The molecular weight excluding hydrogens is 274 g/mol. The zero-order valence-corrected chi connectivity index (χ0v) is 11.6. The van der Waals surface area contributed by atoms with Gasteiger partial charge in [-0.25, -0.2) is 4.98 Å². The molecule has 0 amide bonds. The lowest BCUT2D eigenvalue weighted by Gasteiger charge is -2.07. The molecule has 0 fully saturated rings. The van der Waals surface area contributed by atoms with Crippen molar-refractivity contribution in [2.45, 2.75) is 0 Å². The fraction of sp³-hybridized carbons (Fsp3) is 0. The third kappa shape index (κ3) is 2.57. The highest BCUT2D eigenvalue weighted by Gasteiger charge is 2.00. The van der Waals surface area contributed by atoms with E-state index in [4.69, 9.17) is 18.0 Å². The first kappa shape index (κ1) is 12.1. The maximum Gasteiger partial charge on any atom is 0.103 e. The first-order valence-electron chi connectivity index (χ1n) is 5.72. The second-order valence-electron chi connectivity index (χ2n) is 4.10. The first-order valence-corrected chi connectivity index (χ1v) is 7.01. The molecule has 0 bridgehead atoms. The highest BCUT2D eigenvalue weighted by molar-refractivity contribution is 7.80. The minimum Gasteiger partial charge on any atom is -0.389 e. The molecule has 19 heavy (non-hydrogen) atoms. The van der Waals surface area contributed by atoms with Crippen LogP contribution in [0.2, 0.25) is 0 Å². The van der Waals surface area contributed by atoms with Crippen LogP contribution in [0.5, 0.6) is 0 Å². The largest absolute Gasteiger partial charge is 0.389 e. The maximum atomic E-state index is 5.57. The minimum absolute atomic E-state index is 0.414. The molecule has 0 radical (unpaired) electrons. The number of thiocarbonyl (C=S) groups is 1. The molecule has 0 unspecified atom stereocenters. The van der Waals surface area contributed by atoms with Crippen LogP contribution in [0.25, 0.3) is 10.2 Å². The van der Waals surface area contributed by atoms with E-state index in [9.17, 15) is 0 Å².